The number of imide groups is 1. The third kappa shape index (κ3) is 6.83. The van der Waals surface area contributed by atoms with Crippen LogP contribution in [-0.4, -0.2) is 76.2 Å². The van der Waals surface area contributed by atoms with Gasteiger partial charge in [0, 0.05) is 6.54 Å². The molecule has 0 spiro atoms. The Balaban J connectivity index is 1.58. The van der Waals surface area contributed by atoms with Crippen molar-refractivity contribution in [2.24, 2.45) is 11.8 Å². The Morgan fingerprint density at radius 2 is 1.84 bits per heavy atom. The lowest BCUT2D eigenvalue weighted by atomic mass is 9.91. The van der Waals surface area contributed by atoms with E-state index < -0.39 is 24.0 Å². The minimum atomic E-state index is -0.758. The lowest BCUT2D eigenvalue weighted by Gasteiger charge is -2.30. The van der Waals surface area contributed by atoms with E-state index in [0.29, 0.717) is 43.2 Å². The van der Waals surface area contributed by atoms with Crippen molar-refractivity contribution in [1.29, 1.82) is 0 Å². The number of amides is 4. The Labute approximate surface area is 187 Å². The van der Waals surface area contributed by atoms with E-state index in [1.54, 1.807) is 0 Å². The largest absolute Gasteiger partial charge is 0.446 e. The monoisotopic (exact) mass is 455 g/mol. The molecule has 2 N–H and O–H groups in total. The second-order valence-corrected chi connectivity index (χ2v) is 9.93. The number of rotatable bonds is 8. The third-order valence-corrected chi connectivity index (χ3v) is 7.53. The average Bonchev–Trinajstić information content (AvgIpc) is 3.45. The highest BCUT2D eigenvalue weighted by molar-refractivity contribution is 7.99. The van der Waals surface area contributed by atoms with Gasteiger partial charge in [-0.25, -0.2) is 9.86 Å². The number of hydrogen-bond acceptors (Lipinski definition) is 7. The lowest BCUT2D eigenvalue weighted by Crippen LogP contribution is -2.51. The van der Waals surface area contributed by atoms with E-state index in [0.717, 1.165) is 50.0 Å². The summed E-state index contributed by atoms with van der Waals surface area (Å²) in [6, 6.07) is -0.739. The molecule has 2 saturated heterocycles. The lowest BCUT2D eigenvalue weighted by molar-refractivity contribution is -0.158. The summed E-state index contributed by atoms with van der Waals surface area (Å²) in [6.45, 7) is 0.324. The molecule has 3 rings (SSSR count). The van der Waals surface area contributed by atoms with Crippen LogP contribution in [0.5, 0.6) is 0 Å². The van der Waals surface area contributed by atoms with Crippen molar-refractivity contribution < 1.29 is 29.1 Å². The number of hydrogen-bond donors (Lipinski definition) is 2. The first-order valence-corrected chi connectivity index (χ1v) is 12.4. The number of ether oxygens (including phenoxy) is 1. The molecule has 174 valence electrons. The quantitative estimate of drug-likeness (QED) is 0.327. The predicted molar refractivity (Wildman–Crippen MR) is 114 cm³/mol. The summed E-state index contributed by atoms with van der Waals surface area (Å²) in [6.07, 6.45) is 6.93. The highest BCUT2D eigenvalue weighted by Gasteiger charge is 2.39. The summed E-state index contributed by atoms with van der Waals surface area (Å²) in [5.74, 6) is 0.898. The Kier molecular flexibility index (Phi) is 9.01. The number of hydroxylamine groups is 2. The van der Waals surface area contributed by atoms with Gasteiger partial charge in [-0.2, -0.15) is 11.8 Å². The van der Waals surface area contributed by atoms with Gasteiger partial charge in [-0.05, 0) is 49.5 Å². The van der Waals surface area contributed by atoms with Crippen molar-refractivity contribution in [3.63, 3.8) is 0 Å². The zero-order chi connectivity index (χ0) is 22.2. The van der Waals surface area contributed by atoms with Crippen LogP contribution in [0.15, 0.2) is 0 Å². The van der Waals surface area contributed by atoms with E-state index in [1.165, 1.54) is 4.90 Å². The molecule has 0 aromatic heterocycles. The Bertz CT molecular complexity index is 651. The van der Waals surface area contributed by atoms with Crippen LogP contribution in [0, 0.1) is 11.8 Å². The predicted octanol–water partition coefficient (Wildman–Crippen LogP) is 2.17. The first-order chi connectivity index (χ1) is 15.0. The van der Waals surface area contributed by atoms with Crippen LogP contribution in [0.3, 0.4) is 0 Å². The van der Waals surface area contributed by atoms with Crippen molar-refractivity contribution >= 4 is 36.1 Å². The zero-order valence-electron chi connectivity index (χ0n) is 17.9. The molecule has 3 fully saturated rings. The number of nitrogens with zero attached hydrogens (tertiary/aromatic N) is 2. The van der Waals surface area contributed by atoms with E-state index in [9.17, 15) is 24.4 Å². The molecule has 10 heteroatoms. The fourth-order valence-electron chi connectivity index (χ4n) is 4.87. The van der Waals surface area contributed by atoms with Crippen molar-refractivity contribution in [1.82, 2.24) is 15.3 Å². The molecule has 4 amide bonds. The summed E-state index contributed by atoms with van der Waals surface area (Å²) < 4.78 is 5.35. The number of nitrogens with one attached hydrogen (secondary N) is 1. The van der Waals surface area contributed by atoms with Crippen LogP contribution in [0.1, 0.15) is 57.8 Å². The van der Waals surface area contributed by atoms with Crippen molar-refractivity contribution in [2.75, 3.05) is 24.6 Å². The molecule has 2 aliphatic heterocycles. The SMILES string of the molecule is O=CN(O)C[C@@H](CC1CCCC1)C(=O)N1CCC[C@H]1C(=O)NC(=O)OC1CCSCC1. The van der Waals surface area contributed by atoms with Gasteiger partial charge in [0.15, 0.2) is 0 Å². The Morgan fingerprint density at radius 1 is 1.13 bits per heavy atom. The highest BCUT2D eigenvalue weighted by atomic mass is 32.2. The van der Waals surface area contributed by atoms with Crippen LogP contribution in [0.4, 0.5) is 4.79 Å². The number of thioether (sulfide) groups is 1. The summed E-state index contributed by atoms with van der Waals surface area (Å²) >= 11 is 1.82. The molecule has 31 heavy (non-hydrogen) atoms. The second kappa shape index (κ2) is 11.7. The average molecular weight is 456 g/mol. The number of likely N-dealkylation sites (tertiary alicyclic amines) is 1. The van der Waals surface area contributed by atoms with Crippen LogP contribution < -0.4 is 5.32 Å². The van der Waals surface area contributed by atoms with Gasteiger partial charge in [-0.15, -0.1) is 0 Å². The van der Waals surface area contributed by atoms with Crippen LogP contribution in [0.25, 0.3) is 0 Å². The van der Waals surface area contributed by atoms with E-state index >= 15 is 0 Å². The van der Waals surface area contributed by atoms with E-state index in [1.807, 2.05) is 11.8 Å². The summed E-state index contributed by atoms with van der Waals surface area (Å²) in [5.41, 5.74) is 0. The molecule has 2 heterocycles. The molecular weight excluding hydrogens is 422 g/mol. The standard InChI is InChI=1S/C21H33N3O6S/c25-14-23(29)13-16(12-15-4-1-2-5-15)20(27)24-9-3-6-18(24)19(26)22-21(28)30-17-7-10-31-11-8-17/h14-18,29H,1-13H2,(H,22,26,28)/t16-,18+/m1/s1. The van der Waals surface area contributed by atoms with Gasteiger partial charge in [0.25, 0.3) is 5.91 Å². The van der Waals surface area contributed by atoms with Crippen LogP contribution in [0.2, 0.25) is 0 Å². The van der Waals surface area contributed by atoms with E-state index in [-0.39, 0.29) is 18.6 Å². The van der Waals surface area contributed by atoms with Crippen LogP contribution >= 0.6 is 11.8 Å². The molecule has 0 aromatic carbocycles. The normalized spacial score (nSPS) is 23.4. The summed E-state index contributed by atoms with van der Waals surface area (Å²) in [5, 5.41) is 12.5. The molecule has 3 aliphatic rings. The number of carbonyl (C=O) groups excluding carboxylic acids is 4. The molecule has 0 radical (unpaired) electrons. The third-order valence-electron chi connectivity index (χ3n) is 6.48. The maximum absolute atomic E-state index is 13.3. The second-order valence-electron chi connectivity index (χ2n) is 8.71. The van der Waals surface area contributed by atoms with Gasteiger partial charge in [0.2, 0.25) is 12.3 Å². The minimum Gasteiger partial charge on any atom is -0.446 e. The molecule has 9 nitrogen and oxygen atoms in total. The molecule has 2 atom stereocenters. The molecule has 0 aromatic rings. The topological polar surface area (TPSA) is 116 Å². The fraction of sp³-hybridized carbons (Fsp3) is 0.810. The molecular formula is C21H33N3O6S. The summed E-state index contributed by atoms with van der Waals surface area (Å²) in [4.78, 5) is 50.6. The fourth-order valence-corrected chi connectivity index (χ4v) is 5.93. The van der Waals surface area contributed by atoms with Gasteiger partial charge in [0.1, 0.15) is 12.1 Å². The maximum Gasteiger partial charge on any atom is 0.414 e. The van der Waals surface area contributed by atoms with Crippen molar-refractivity contribution in [3.8, 4) is 0 Å². The Hall–Kier alpha value is -1.81. The molecule has 1 saturated carbocycles. The highest BCUT2D eigenvalue weighted by Crippen LogP contribution is 2.32. The van der Waals surface area contributed by atoms with E-state index in [2.05, 4.69) is 5.32 Å². The molecule has 0 bridgehead atoms. The molecule has 0 unspecified atom stereocenters. The number of carbonyl (C=O) groups is 4. The van der Waals surface area contributed by atoms with Gasteiger partial charge in [0.05, 0.1) is 12.5 Å². The van der Waals surface area contributed by atoms with E-state index in [4.69, 9.17) is 4.74 Å². The van der Waals surface area contributed by atoms with Gasteiger partial charge in [-0.3, -0.25) is 24.9 Å². The van der Waals surface area contributed by atoms with Gasteiger partial charge in [-0.1, -0.05) is 25.7 Å². The maximum atomic E-state index is 13.3. The smallest absolute Gasteiger partial charge is 0.414 e. The minimum absolute atomic E-state index is 0.0919. The van der Waals surface area contributed by atoms with Crippen LogP contribution in [-0.2, 0) is 19.1 Å². The first kappa shape index (κ1) is 23.8. The molecule has 1 aliphatic carbocycles. The van der Waals surface area contributed by atoms with Crippen molar-refractivity contribution in [2.45, 2.75) is 69.9 Å². The van der Waals surface area contributed by atoms with Gasteiger partial charge >= 0.3 is 6.09 Å². The van der Waals surface area contributed by atoms with Gasteiger partial charge < -0.3 is 9.64 Å². The zero-order valence-corrected chi connectivity index (χ0v) is 18.7. The first-order valence-electron chi connectivity index (χ1n) is 11.3. The Morgan fingerprint density at radius 3 is 2.52 bits per heavy atom. The van der Waals surface area contributed by atoms with Crippen molar-refractivity contribution in [3.05, 3.63) is 0 Å². The summed E-state index contributed by atoms with van der Waals surface area (Å²) in [7, 11) is 0. The number of alkyl carbamates (subject to hydrolysis) is 1.